The molecule has 0 aliphatic heterocycles. The van der Waals surface area contributed by atoms with E-state index < -0.39 is 5.91 Å². The molecule has 0 radical (unpaired) electrons. The summed E-state index contributed by atoms with van der Waals surface area (Å²) in [5.74, 6) is -0.784. The molecule has 0 spiro atoms. The van der Waals surface area contributed by atoms with Gasteiger partial charge in [-0.3, -0.25) is 9.59 Å². The van der Waals surface area contributed by atoms with Gasteiger partial charge in [-0.2, -0.15) is 0 Å². The summed E-state index contributed by atoms with van der Waals surface area (Å²) >= 11 is 5.95. The molecular formula is C13H18ClN3O2. The van der Waals surface area contributed by atoms with Crippen LogP contribution in [0.3, 0.4) is 0 Å². The van der Waals surface area contributed by atoms with Crippen molar-refractivity contribution < 1.29 is 9.59 Å². The maximum atomic E-state index is 11.7. The van der Waals surface area contributed by atoms with Crippen LogP contribution in [0.4, 0.5) is 5.69 Å². The first-order chi connectivity index (χ1) is 8.93. The summed E-state index contributed by atoms with van der Waals surface area (Å²) in [4.78, 5) is 22.8. The predicted octanol–water partition coefficient (Wildman–Crippen LogP) is 1.77. The Balaban J connectivity index is 2.68. The summed E-state index contributed by atoms with van der Waals surface area (Å²) < 4.78 is 0. The Labute approximate surface area is 117 Å². The molecule has 0 aliphatic carbocycles. The van der Waals surface area contributed by atoms with Crippen LogP contribution in [0.25, 0.3) is 0 Å². The summed E-state index contributed by atoms with van der Waals surface area (Å²) in [6, 6.07) is 4.77. The molecule has 0 saturated carbocycles. The monoisotopic (exact) mass is 283 g/mol. The number of benzene rings is 1. The van der Waals surface area contributed by atoms with Crippen molar-refractivity contribution in [1.29, 1.82) is 0 Å². The maximum Gasteiger partial charge on any atom is 0.248 e. The Morgan fingerprint density at radius 3 is 2.68 bits per heavy atom. The molecule has 1 rings (SSSR count). The first-order valence-corrected chi connectivity index (χ1v) is 6.44. The number of rotatable bonds is 6. The van der Waals surface area contributed by atoms with Crippen LogP contribution in [0.2, 0.25) is 5.02 Å². The highest BCUT2D eigenvalue weighted by atomic mass is 35.5. The van der Waals surface area contributed by atoms with Crippen molar-refractivity contribution in [3.8, 4) is 0 Å². The van der Waals surface area contributed by atoms with Crippen molar-refractivity contribution in [3.63, 3.8) is 0 Å². The normalized spacial score (nSPS) is 11.9. The van der Waals surface area contributed by atoms with Crippen molar-refractivity contribution in [1.82, 2.24) is 5.32 Å². The number of anilines is 1. The number of halogens is 1. The maximum absolute atomic E-state index is 11.7. The van der Waals surface area contributed by atoms with Gasteiger partial charge in [0.25, 0.3) is 0 Å². The molecule has 1 unspecified atom stereocenters. The lowest BCUT2D eigenvalue weighted by atomic mass is 10.2. The lowest BCUT2D eigenvalue weighted by Crippen LogP contribution is -2.34. The standard InChI is InChI=1S/C13H18ClN3O2/c1-3-8(2)16-7-12(18)17-11-6-9(13(15)19)4-5-10(11)14/h4-6,8,16H,3,7H2,1-2H3,(H2,15,19)(H,17,18). The fourth-order valence-corrected chi connectivity index (χ4v) is 1.54. The molecule has 19 heavy (non-hydrogen) atoms. The summed E-state index contributed by atoms with van der Waals surface area (Å²) in [5.41, 5.74) is 5.86. The van der Waals surface area contributed by atoms with Gasteiger partial charge in [-0.05, 0) is 31.5 Å². The van der Waals surface area contributed by atoms with Gasteiger partial charge in [-0.1, -0.05) is 18.5 Å². The van der Waals surface area contributed by atoms with E-state index in [4.69, 9.17) is 17.3 Å². The zero-order chi connectivity index (χ0) is 14.4. The summed E-state index contributed by atoms with van der Waals surface area (Å²) in [6.45, 7) is 4.21. The minimum atomic E-state index is -0.565. The number of primary amides is 1. The summed E-state index contributed by atoms with van der Waals surface area (Å²) in [5, 5.41) is 6.07. The van der Waals surface area contributed by atoms with Gasteiger partial charge in [0.1, 0.15) is 0 Å². The number of hydrogen-bond donors (Lipinski definition) is 3. The van der Waals surface area contributed by atoms with Crippen molar-refractivity contribution >= 4 is 29.1 Å². The SMILES string of the molecule is CCC(C)NCC(=O)Nc1cc(C(N)=O)ccc1Cl. The molecule has 5 nitrogen and oxygen atoms in total. The number of hydrogen-bond acceptors (Lipinski definition) is 3. The Bertz CT molecular complexity index is 477. The first kappa shape index (κ1) is 15.5. The Morgan fingerprint density at radius 1 is 1.42 bits per heavy atom. The van der Waals surface area contributed by atoms with Gasteiger partial charge in [-0.25, -0.2) is 0 Å². The molecule has 1 aromatic rings. The quantitative estimate of drug-likeness (QED) is 0.744. The first-order valence-electron chi connectivity index (χ1n) is 6.06. The minimum Gasteiger partial charge on any atom is -0.366 e. The lowest BCUT2D eigenvalue weighted by Gasteiger charge is -2.12. The Hall–Kier alpha value is -1.59. The van der Waals surface area contributed by atoms with Gasteiger partial charge in [0.2, 0.25) is 11.8 Å². The Kier molecular flexibility index (Phi) is 5.79. The zero-order valence-corrected chi connectivity index (χ0v) is 11.8. The van der Waals surface area contributed by atoms with E-state index in [1.54, 1.807) is 0 Å². The third kappa shape index (κ3) is 4.89. The highest BCUT2D eigenvalue weighted by Gasteiger charge is 2.09. The second-order valence-electron chi connectivity index (χ2n) is 4.30. The average Bonchev–Trinajstić information content (AvgIpc) is 2.38. The van der Waals surface area contributed by atoms with E-state index >= 15 is 0 Å². The zero-order valence-electron chi connectivity index (χ0n) is 11.0. The van der Waals surface area contributed by atoms with Gasteiger partial charge in [0.15, 0.2) is 0 Å². The smallest absolute Gasteiger partial charge is 0.248 e. The molecule has 0 bridgehead atoms. The Morgan fingerprint density at radius 2 is 2.11 bits per heavy atom. The number of carbonyl (C=O) groups excluding carboxylic acids is 2. The number of nitrogens with one attached hydrogen (secondary N) is 2. The molecule has 1 aromatic carbocycles. The van der Waals surface area contributed by atoms with Crippen LogP contribution >= 0.6 is 11.6 Å². The van der Waals surface area contributed by atoms with Crippen molar-refractivity contribution in [2.24, 2.45) is 5.73 Å². The highest BCUT2D eigenvalue weighted by molar-refractivity contribution is 6.33. The van der Waals surface area contributed by atoms with Crippen LogP contribution < -0.4 is 16.4 Å². The summed E-state index contributed by atoms with van der Waals surface area (Å²) in [7, 11) is 0. The fourth-order valence-electron chi connectivity index (χ4n) is 1.38. The number of carbonyl (C=O) groups is 2. The lowest BCUT2D eigenvalue weighted by molar-refractivity contribution is -0.115. The fraction of sp³-hybridized carbons (Fsp3) is 0.385. The molecule has 0 fully saturated rings. The van der Waals surface area contributed by atoms with Crippen LogP contribution in [0.15, 0.2) is 18.2 Å². The van der Waals surface area contributed by atoms with Crippen LogP contribution in [0.1, 0.15) is 30.6 Å². The second-order valence-corrected chi connectivity index (χ2v) is 4.70. The van der Waals surface area contributed by atoms with Crippen LogP contribution in [-0.2, 0) is 4.79 Å². The van der Waals surface area contributed by atoms with E-state index in [-0.39, 0.29) is 18.5 Å². The number of amides is 2. The molecule has 0 saturated heterocycles. The molecule has 0 aromatic heterocycles. The second kappa shape index (κ2) is 7.11. The molecule has 1 atom stereocenters. The van der Waals surface area contributed by atoms with Gasteiger partial charge >= 0.3 is 0 Å². The summed E-state index contributed by atoms with van der Waals surface area (Å²) in [6.07, 6.45) is 0.936. The molecule has 6 heteroatoms. The molecule has 2 amide bonds. The van der Waals surface area contributed by atoms with Crippen LogP contribution in [-0.4, -0.2) is 24.4 Å². The molecule has 104 valence electrons. The average molecular weight is 284 g/mol. The van der Waals surface area contributed by atoms with E-state index in [2.05, 4.69) is 10.6 Å². The van der Waals surface area contributed by atoms with Crippen LogP contribution in [0, 0.1) is 0 Å². The van der Waals surface area contributed by atoms with Gasteiger partial charge in [0, 0.05) is 11.6 Å². The number of nitrogens with two attached hydrogens (primary N) is 1. The van der Waals surface area contributed by atoms with Gasteiger partial charge in [0.05, 0.1) is 17.3 Å². The molecule has 0 aliphatic rings. The van der Waals surface area contributed by atoms with Crippen LogP contribution in [0.5, 0.6) is 0 Å². The minimum absolute atomic E-state index is 0.187. The van der Waals surface area contributed by atoms with E-state index in [9.17, 15) is 9.59 Å². The van der Waals surface area contributed by atoms with E-state index in [1.807, 2.05) is 13.8 Å². The molecule has 4 N–H and O–H groups in total. The predicted molar refractivity (Wildman–Crippen MR) is 76.4 cm³/mol. The van der Waals surface area contributed by atoms with Crippen molar-refractivity contribution in [2.75, 3.05) is 11.9 Å². The van der Waals surface area contributed by atoms with Gasteiger partial charge < -0.3 is 16.4 Å². The third-order valence-corrected chi connectivity index (χ3v) is 3.08. The van der Waals surface area contributed by atoms with Gasteiger partial charge in [-0.15, -0.1) is 0 Å². The molecular weight excluding hydrogens is 266 g/mol. The topological polar surface area (TPSA) is 84.2 Å². The third-order valence-electron chi connectivity index (χ3n) is 2.75. The highest BCUT2D eigenvalue weighted by Crippen LogP contribution is 2.22. The van der Waals surface area contributed by atoms with Crippen molar-refractivity contribution in [3.05, 3.63) is 28.8 Å². The van der Waals surface area contributed by atoms with E-state index in [0.29, 0.717) is 16.3 Å². The van der Waals surface area contributed by atoms with Crippen molar-refractivity contribution in [2.45, 2.75) is 26.3 Å². The largest absolute Gasteiger partial charge is 0.366 e. The van der Waals surface area contributed by atoms with E-state index in [1.165, 1.54) is 18.2 Å². The van der Waals surface area contributed by atoms with E-state index in [0.717, 1.165) is 6.42 Å². The molecule has 0 heterocycles.